The van der Waals surface area contributed by atoms with E-state index in [1.807, 2.05) is 0 Å². The molecule has 0 unspecified atom stereocenters. The largest absolute Gasteiger partial charge is 0.489 e. The lowest BCUT2D eigenvalue weighted by molar-refractivity contribution is 0.316. The van der Waals surface area contributed by atoms with E-state index in [0.29, 0.717) is 23.1 Å². The summed E-state index contributed by atoms with van der Waals surface area (Å²) in [4.78, 5) is 0. The van der Waals surface area contributed by atoms with Gasteiger partial charge in [-0.25, -0.2) is 8.42 Å². The molecule has 1 aromatic heterocycles. The van der Waals surface area contributed by atoms with Crippen LogP contribution in [0.25, 0.3) is 0 Å². The van der Waals surface area contributed by atoms with Crippen molar-refractivity contribution in [2.24, 2.45) is 0 Å². The summed E-state index contributed by atoms with van der Waals surface area (Å²) < 4.78 is 33.3. The number of ether oxygens (including phenoxy) is 1. The molecule has 2 aromatic rings. The highest BCUT2D eigenvalue weighted by molar-refractivity contribution is 9.11. The van der Waals surface area contributed by atoms with Crippen LogP contribution in [0.2, 0.25) is 5.02 Å². The van der Waals surface area contributed by atoms with Crippen molar-refractivity contribution in [3.8, 4) is 5.75 Å². The highest BCUT2D eigenvalue weighted by atomic mass is 79.9. The maximum absolute atomic E-state index is 12.7. The molecule has 0 N–H and O–H groups in total. The smallest absolute Gasteiger partial charge is 0.274 e. The average Bonchev–Trinajstić information content (AvgIpc) is 2.85. The standard InChI is InChI=1S/C12H9BrClNO3S2/c13-11-3-4-12(19-11)20(16,17)15-5-6-18-10-2-1-8(14)7-9(10)15/h1-4,7H,5-6H2. The van der Waals surface area contributed by atoms with Gasteiger partial charge in [-0.15, -0.1) is 11.3 Å². The zero-order valence-electron chi connectivity index (χ0n) is 10.0. The van der Waals surface area contributed by atoms with Crippen LogP contribution in [0.1, 0.15) is 0 Å². The highest BCUT2D eigenvalue weighted by Gasteiger charge is 2.31. The summed E-state index contributed by atoms with van der Waals surface area (Å²) in [5.41, 5.74) is 0.480. The summed E-state index contributed by atoms with van der Waals surface area (Å²) in [6, 6.07) is 8.28. The van der Waals surface area contributed by atoms with Crippen molar-refractivity contribution in [2.75, 3.05) is 17.5 Å². The minimum atomic E-state index is -3.59. The predicted molar refractivity (Wildman–Crippen MR) is 83.5 cm³/mol. The SMILES string of the molecule is O=S(=O)(c1ccc(Br)s1)N1CCOc2ccc(Cl)cc21. The van der Waals surface area contributed by atoms with Crippen molar-refractivity contribution in [2.45, 2.75) is 4.21 Å². The quantitative estimate of drug-likeness (QED) is 0.779. The second-order valence-electron chi connectivity index (χ2n) is 4.10. The van der Waals surface area contributed by atoms with Gasteiger partial charge in [-0.2, -0.15) is 0 Å². The molecule has 20 heavy (non-hydrogen) atoms. The minimum Gasteiger partial charge on any atom is -0.489 e. The van der Waals surface area contributed by atoms with E-state index in [1.54, 1.807) is 30.3 Å². The van der Waals surface area contributed by atoms with Gasteiger partial charge in [-0.3, -0.25) is 4.31 Å². The molecule has 1 aromatic carbocycles. The van der Waals surface area contributed by atoms with Crippen molar-refractivity contribution >= 4 is 54.6 Å². The van der Waals surface area contributed by atoms with Gasteiger partial charge in [0.1, 0.15) is 16.6 Å². The molecule has 0 spiro atoms. The molecule has 0 radical (unpaired) electrons. The summed E-state index contributed by atoms with van der Waals surface area (Å²) in [6.45, 7) is 0.589. The van der Waals surface area contributed by atoms with Crippen molar-refractivity contribution in [1.29, 1.82) is 0 Å². The molecule has 1 aliphatic heterocycles. The van der Waals surface area contributed by atoms with Gasteiger partial charge >= 0.3 is 0 Å². The Bertz CT molecular complexity index is 760. The molecule has 0 bridgehead atoms. The van der Waals surface area contributed by atoms with Gasteiger partial charge < -0.3 is 4.74 Å². The van der Waals surface area contributed by atoms with Gasteiger partial charge in [0.2, 0.25) is 0 Å². The van der Waals surface area contributed by atoms with E-state index in [0.717, 1.165) is 3.79 Å². The second kappa shape index (κ2) is 5.22. The first-order valence-electron chi connectivity index (χ1n) is 5.69. The maximum atomic E-state index is 12.7. The van der Waals surface area contributed by atoms with Crippen molar-refractivity contribution in [3.05, 3.63) is 39.1 Å². The second-order valence-corrected chi connectivity index (χ2v) is 9.08. The first-order valence-corrected chi connectivity index (χ1v) is 9.12. The number of thiophene rings is 1. The third-order valence-corrected chi connectivity index (χ3v) is 6.97. The Kier molecular flexibility index (Phi) is 3.70. The van der Waals surface area contributed by atoms with Crippen LogP contribution in [0, 0.1) is 0 Å². The number of benzene rings is 1. The van der Waals surface area contributed by atoms with E-state index in [4.69, 9.17) is 16.3 Å². The fourth-order valence-electron chi connectivity index (χ4n) is 1.96. The van der Waals surface area contributed by atoms with Crippen LogP contribution in [0.3, 0.4) is 0 Å². The average molecular weight is 395 g/mol. The molecule has 106 valence electrons. The topological polar surface area (TPSA) is 46.6 Å². The van der Waals surface area contributed by atoms with Gasteiger partial charge in [0, 0.05) is 5.02 Å². The molecule has 1 aliphatic rings. The third kappa shape index (κ3) is 2.43. The van der Waals surface area contributed by atoms with E-state index in [2.05, 4.69) is 15.9 Å². The lowest BCUT2D eigenvalue weighted by Gasteiger charge is -2.30. The molecule has 0 fully saturated rings. The minimum absolute atomic E-state index is 0.269. The summed E-state index contributed by atoms with van der Waals surface area (Å²) >= 11 is 10.4. The molecule has 0 aliphatic carbocycles. The zero-order valence-corrected chi connectivity index (χ0v) is 14.0. The molecule has 0 saturated heterocycles. The Morgan fingerprint density at radius 3 is 2.80 bits per heavy atom. The highest BCUT2D eigenvalue weighted by Crippen LogP contribution is 2.38. The third-order valence-electron chi connectivity index (χ3n) is 2.83. The zero-order chi connectivity index (χ0) is 14.3. The van der Waals surface area contributed by atoms with Crippen LogP contribution in [-0.2, 0) is 10.0 Å². The van der Waals surface area contributed by atoms with Gasteiger partial charge in [0.15, 0.2) is 0 Å². The van der Waals surface area contributed by atoms with E-state index < -0.39 is 10.0 Å². The van der Waals surface area contributed by atoms with E-state index in [1.165, 1.54) is 15.6 Å². The summed E-state index contributed by atoms with van der Waals surface area (Å²) in [5.74, 6) is 0.528. The molecule has 0 amide bonds. The maximum Gasteiger partial charge on any atom is 0.274 e. The van der Waals surface area contributed by atoms with Gasteiger partial charge in [-0.1, -0.05) is 11.6 Å². The van der Waals surface area contributed by atoms with Gasteiger partial charge in [0.25, 0.3) is 10.0 Å². The van der Waals surface area contributed by atoms with E-state index in [-0.39, 0.29) is 10.8 Å². The van der Waals surface area contributed by atoms with Crippen LogP contribution in [0.15, 0.2) is 38.3 Å². The van der Waals surface area contributed by atoms with Gasteiger partial charge in [0.05, 0.1) is 16.0 Å². The Labute approximate surface area is 134 Å². The van der Waals surface area contributed by atoms with Crippen LogP contribution in [0.5, 0.6) is 5.75 Å². The van der Waals surface area contributed by atoms with E-state index >= 15 is 0 Å². The monoisotopic (exact) mass is 393 g/mol. The van der Waals surface area contributed by atoms with Crippen LogP contribution in [0.4, 0.5) is 5.69 Å². The van der Waals surface area contributed by atoms with Gasteiger partial charge in [-0.05, 0) is 46.3 Å². The number of rotatable bonds is 2. The van der Waals surface area contributed by atoms with E-state index in [9.17, 15) is 8.42 Å². The fraction of sp³-hybridized carbons (Fsp3) is 0.167. The number of anilines is 1. The number of sulfonamides is 1. The summed E-state index contributed by atoms with van der Waals surface area (Å²) in [5, 5.41) is 0.474. The Morgan fingerprint density at radius 2 is 2.10 bits per heavy atom. The number of nitrogens with zero attached hydrogens (tertiary/aromatic N) is 1. The normalized spacial score (nSPS) is 14.8. The first-order chi connectivity index (χ1) is 9.48. The molecule has 0 saturated carbocycles. The first kappa shape index (κ1) is 14.2. The number of hydrogen-bond acceptors (Lipinski definition) is 4. The van der Waals surface area contributed by atoms with Crippen molar-refractivity contribution in [3.63, 3.8) is 0 Å². The Morgan fingerprint density at radius 1 is 1.30 bits per heavy atom. The number of halogens is 2. The summed E-state index contributed by atoms with van der Waals surface area (Å²) in [6.07, 6.45) is 0. The fourth-order valence-corrected chi connectivity index (χ4v) is 5.70. The number of hydrogen-bond donors (Lipinski definition) is 0. The molecule has 4 nitrogen and oxygen atoms in total. The van der Waals surface area contributed by atoms with Crippen LogP contribution < -0.4 is 9.04 Å². The number of fused-ring (bicyclic) bond motifs is 1. The molecular formula is C12H9BrClNO3S2. The van der Waals surface area contributed by atoms with Crippen LogP contribution >= 0.6 is 38.9 Å². The molecular weight excluding hydrogens is 386 g/mol. The molecule has 2 heterocycles. The molecule has 0 atom stereocenters. The predicted octanol–water partition coefficient (Wildman–Crippen LogP) is 3.75. The molecule has 8 heteroatoms. The molecule has 3 rings (SSSR count). The van der Waals surface area contributed by atoms with Crippen LogP contribution in [-0.4, -0.2) is 21.6 Å². The Hall–Kier alpha value is -0.760. The lowest BCUT2D eigenvalue weighted by Crippen LogP contribution is -2.37. The summed E-state index contributed by atoms with van der Waals surface area (Å²) in [7, 11) is -3.59. The van der Waals surface area contributed by atoms with Crippen molar-refractivity contribution < 1.29 is 13.2 Å². The van der Waals surface area contributed by atoms with Crippen molar-refractivity contribution in [1.82, 2.24) is 0 Å². The Balaban J connectivity index is 2.10. The lowest BCUT2D eigenvalue weighted by atomic mass is 10.2.